The van der Waals surface area contributed by atoms with Crippen LogP contribution in [0, 0.1) is 17.0 Å². The van der Waals surface area contributed by atoms with Gasteiger partial charge in [-0.2, -0.15) is 5.10 Å². The van der Waals surface area contributed by atoms with Gasteiger partial charge in [0.2, 0.25) is 0 Å². The molecule has 0 saturated heterocycles. The molecule has 6 heteroatoms. The first kappa shape index (κ1) is 12.0. The van der Waals surface area contributed by atoms with Crippen molar-refractivity contribution in [1.82, 2.24) is 9.78 Å². The molecule has 0 amide bonds. The molecule has 0 aliphatic carbocycles. The minimum Gasteiger partial charge on any atom is -0.298 e. The molecule has 18 heavy (non-hydrogen) atoms. The monoisotopic (exact) mass is 245 g/mol. The molecule has 0 N–H and O–H groups in total. The summed E-state index contributed by atoms with van der Waals surface area (Å²) in [6.45, 7) is 1.67. The van der Waals surface area contributed by atoms with E-state index in [1.807, 2.05) is 0 Å². The fourth-order valence-electron chi connectivity index (χ4n) is 1.77. The van der Waals surface area contributed by atoms with E-state index in [0.29, 0.717) is 28.7 Å². The first-order valence-electron chi connectivity index (χ1n) is 5.27. The number of benzene rings is 1. The smallest absolute Gasteiger partial charge is 0.272 e. The Hall–Kier alpha value is -2.50. The fourth-order valence-corrected chi connectivity index (χ4v) is 1.77. The van der Waals surface area contributed by atoms with Gasteiger partial charge < -0.3 is 0 Å². The molecule has 0 saturated carbocycles. The topological polar surface area (TPSA) is 78.0 Å². The van der Waals surface area contributed by atoms with Crippen molar-refractivity contribution >= 4 is 12.0 Å². The number of carbonyl (C=O) groups is 1. The van der Waals surface area contributed by atoms with Crippen molar-refractivity contribution in [2.75, 3.05) is 0 Å². The van der Waals surface area contributed by atoms with Crippen LogP contribution >= 0.6 is 0 Å². The van der Waals surface area contributed by atoms with Gasteiger partial charge >= 0.3 is 0 Å². The van der Waals surface area contributed by atoms with Gasteiger partial charge in [0.1, 0.15) is 5.69 Å². The Morgan fingerprint density at radius 3 is 2.78 bits per heavy atom. The number of rotatable bonds is 3. The van der Waals surface area contributed by atoms with E-state index < -0.39 is 4.92 Å². The van der Waals surface area contributed by atoms with E-state index in [1.165, 1.54) is 10.7 Å². The number of carbonyl (C=O) groups excluding carboxylic acids is 1. The van der Waals surface area contributed by atoms with Gasteiger partial charge in [0, 0.05) is 30.4 Å². The SMILES string of the molecule is Cc1ccc(-c2nn(C)cc2C=O)cc1[N+](=O)[O-]. The molecule has 0 fully saturated rings. The molecular weight excluding hydrogens is 234 g/mol. The standard InChI is InChI=1S/C12H11N3O3/c1-8-3-4-9(5-11(8)15(17)18)12-10(7-16)6-14(2)13-12/h3-7H,1-2H3. The quantitative estimate of drug-likeness (QED) is 0.471. The molecule has 0 aliphatic heterocycles. The number of nitro groups is 1. The van der Waals surface area contributed by atoms with E-state index in [0.717, 1.165) is 0 Å². The summed E-state index contributed by atoms with van der Waals surface area (Å²) in [4.78, 5) is 21.3. The summed E-state index contributed by atoms with van der Waals surface area (Å²) in [5.74, 6) is 0. The van der Waals surface area contributed by atoms with Gasteiger partial charge in [0.25, 0.3) is 5.69 Å². The lowest BCUT2D eigenvalue weighted by molar-refractivity contribution is -0.385. The maximum absolute atomic E-state index is 10.9. The summed E-state index contributed by atoms with van der Waals surface area (Å²) in [5.41, 5.74) is 2.03. The second-order valence-electron chi connectivity index (χ2n) is 3.98. The largest absolute Gasteiger partial charge is 0.298 e. The van der Waals surface area contributed by atoms with E-state index in [9.17, 15) is 14.9 Å². The number of hydrogen-bond acceptors (Lipinski definition) is 4. The third kappa shape index (κ3) is 2.00. The highest BCUT2D eigenvalue weighted by molar-refractivity contribution is 5.85. The van der Waals surface area contributed by atoms with Crippen LogP contribution in [0.15, 0.2) is 24.4 Å². The Kier molecular flexibility index (Phi) is 2.93. The van der Waals surface area contributed by atoms with Crippen molar-refractivity contribution in [3.8, 4) is 11.3 Å². The predicted molar refractivity (Wildman–Crippen MR) is 65.4 cm³/mol. The van der Waals surface area contributed by atoms with Crippen molar-refractivity contribution in [3.05, 3.63) is 45.6 Å². The van der Waals surface area contributed by atoms with Gasteiger partial charge in [-0.25, -0.2) is 0 Å². The first-order chi connectivity index (χ1) is 8.52. The number of aryl methyl sites for hydroxylation is 2. The normalized spacial score (nSPS) is 10.3. The van der Waals surface area contributed by atoms with Crippen LogP contribution < -0.4 is 0 Å². The molecule has 2 aromatic rings. The summed E-state index contributed by atoms with van der Waals surface area (Å²) in [6.07, 6.45) is 2.27. The van der Waals surface area contributed by atoms with E-state index in [1.54, 1.807) is 32.3 Å². The van der Waals surface area contributed by atoms with Crippen molar-refractivity contribution in [1.29, 1.82) is 0 Å². The van der Waals surface area contributed by atoms with Gasteiger partial charge in [0.05, 0.1) is 10.5 Å². The zero-order valence-corrected chi connectivity index (χ0v) is 9.95. The van der Waals surface area contributed by atoms with Crippen LogP contribution in [0.1, 0.15) is 15.9 Å². The van der Waals surface area contributed by atoms with Crippen LogP contribution in [-0.2, 0) is 7.05 Å². The Bertz CT molecular complexity index is 631. The Labute approximate surface area is 103 Å². The summed E-state index contributed by atoms with van der Waals surface area (Å²) in [7, 11) is 1.69. The molecular formula is C12H11N3O3. The number of nitrogens with zero attached hydrogens (tertiary/aromatic N) is 3. The average Bonchev–Trinajstić information content (AvgIpc) is 2.70. The minimum absolute atomic E-state index is 0.0232. The molecule has 1 aromatic carbocycles. The summed E-state index contributed by atoms with van der Waals surface area (Å²) < 4.78 is 1.50. The minimum atomic E-state index is -0.442. The molecule has 92 valence electrons. The first-order valence-corrected chi connectivity index (χ1v) is 5.27. The van der Waals surface area contributed by atoms with Gasteiger partial charge in [-0.1, -0.05) is 12.1 Å². The number of hydrogen-bond donors (Lipinski definition) is 0. The number of aromatic nitrogens is 2. The second kappa shape index (κ2) is 4.40. The van der Waals surface area contributed by atoms with E-state index in [-0.39, 0.29) is 5.69 Å². The van der Waals surface area contributed by atoms with Gasteiger partial charge in [-0.05, 0) is 6.92 Å². The fraction of sp³-hybridized carbons (Fsp3) is 0.167. The highest BCUT2D eigenvalue weighted by Gasteiger charge is 2.15. The maximum atomic E-state index is 10.9. The highest BCUT2D eigenvalue weighted by Crippen LogP contribution is 2.27. The molecule has 0 atom stereocenters. The van der Waals surface area contributed by atoms with Crippen molar-refractivity contribution < 1.29 is 9.72 Å². The van der Waals surface area contributed by atoms with Crippen LogP contribution in [0.3, 0.4) is 0 Å². The molecule has 0 unspecified atom stereocenters. The number of aldehydes is 1. The molecule has 1 heterocycles. The summed E-state index contributed by atoms with van der Waals surface area (Å²) in [5, 5.41) is 15.0. The summed E-state index contributed by atoms with van der Waals surface area (Å²) >= 11 is 0. The lowest BCUT2D eigenvalue weighted by Gasteiger charge is -2.01. The van der Waals surface area contributed by atoms with Crippen molar-refractivity contribution in [2.24, 2.45) is 7.05 Å². The Morgan fingerprint density at radius 1 is 1.44 bits per heavy atom. The van der Waals surface area contributed by atoms with E-state index >= 15 is 0 Å². The van der Waals surface area contributed by atoms with E-state index in [2.05, 4.69) is 5.10 Å². The maximum Gasteiger partial charge on any atom is 0.272 e. The van der Waals surface area contributed by atoms with Crippen LogP contribution in [0.25, 0.3) is 11.3 Å². The molecule has 1 aromatic heterocycles. The lowest BCUT2D eigenvalue weighted by Crippen LogP contribution is -1.94. The molecule has 0 aliphatic rings. The third-order valence-electron chi connectivity index (χ3n) is 2.66. The Balaban J connectivity index is 2.60. The van der Waals surface area contributed by atoms with Crippen LogP contribution in [0.2, 0.25) is 0 Å². The molecule has 0 radical (unpaired) electrons. The molecule has 0 spiro atoms. The van der Waals surface area contributed by atoms with Crippen LogP contribution in [-0.4, -0.2) is 21.0 Å². The zero-order chi connectivity index (χ0) is 13.3. The van der Waals surface area contributed by atoms with Crippen LogP contribution in [0.4, 0.5) is 5.69 Å². The lowest BCUT2D eigenvalue weighted by atomic mass is 10.1. The van der Waals surface area contributed by atoms with Gasteiger partial charge in [-0.15, -0.1) is 0 Å². The summed E-state index contributed by atoms with van der Waals surface area (Å²) in [6, 6.07) is 4.80. The van der Waals surface area contributed by atoms with Gasteiger partial charge in [-0.3, -0.25) is 19.6 Å². The van der Waals surface area contributed by atoms with Crippen LogP contribution in [0.5, 0.6) is 0 Å². The van der Waals surface area contributed by atoms with Crippen molar-refractivity contribution in [2.45, 2.75) is 6.92 Å². The second-order valence-corrected chi connectivity index (χ2v) is 3.98. The third-order valence-corrected chi connectivity index (χ3v) is 2.66. The van der Waals surface area contributed by atoms with E-state index in [4.69, 9.17) is 0 Å². The molecule has 6 nitrogen and oxygen atoms in total. The van der Waals surface area contributed by atoms with Gasteiger partial charge in [0.15, 0.2) is 6.29 Å². The Morgan fingerprint density at radius 2 is 2.17 bits per heavy atom. The molecule has 2 rings (SSSR count). The van der Waals surface area contributed by atoms with Crippen molar-refractivity contribution in [3.63, 3.8) is 0 Å². The highest BCUT2D eigenvalue weighted by atomic mass is 16.6. The average molecular weight is 245 g/mol. The zero-order valence-electron chi connectivity index (χ0n) is 9.95. The molecule has 0 bridgehead atoms. The number of nitro benzene ring substituents is 1. The predicted octanol–water partition coefficient (Wildman–Crippen LogP) is 2.12.